The first-order valence-corrected chi connectivity index (χ1v) is 9.48. The van der Waals surface area contributed by atoms with Crippen LogP contribution in [0.15, 0.2) is 22.4 Å². The molecule has 0 bridgehead atoms. The fraction of sp³-hybridized carbons (Fsp3) is 0.375. The van der Waals surface area contributed by atoms with Crippen molar-refractivity contribution in [2.24, 2.45) is 0 Å². The number of thioether (sulfide) groups is 1. The molecule has 0 aromatic carbocycles. The summed E-state index contributed by atoms with van der Waals surface area (Å²) in [6, 6.07) is 2.78. The number of likely N-dealkylation sites (tertiary alicyclic amines) is 1. The van der Waals surface area contributed by atoms with Crippen LogP contribution < -0.4 is 0 Å². The molecule has 1 N–H and O–H groups in total. The van der Waals surface area contributed by atoms with Crippen LogP contribution in [0.25, 0.3) is 6.08 Å². The molecule has 2 saturated heterocycles. The van der Waals surface area contributed by atoms with E-state index in [9.17, 15) is 24.3 Å². The van der Waals surface area contributed by atoms with E-state index in [2.05, 4.69) is 0 Å². The lowest BCUT2D eigenvalue weighted by molar-refractivity contribution is -0.152. The Morgan fingerprint density at radius 3 is 2.80 bits per heavy atom. The van der Waals surface area contributed by atoms with Crippen molar-refractivity contribution in [2.75, 3.05) is 13.1 Å². The van der Waals surface area contributed by atoms with Gasteiger partial charge in [-0.3, -0.25) is 19.3 Å². The number of amides is 3. The number of piperidine rings is 1. The molecular formula is C16H16N2O5S2. The highest BCUT2D eigenvalue weighted by molar-refractivity contribution is 8.18. The second kappa shape index (κ2) is 7.40. The fourth-order valence-electron chi connectivity index (χ4n) is 2.85. The van der Waals surface area contributed by atoms with E-state index in [0.717, 1.165) is 34.4 Å². The van der Waals surface area contributed by atoms with Crippen LogP contribution in [0.4, 0.5) is 4.79 Å². The van der Waals surface area contributed by atoms with Gasteiger partial charge in [-0.25, -0.2) is 4.79 Å². The molecule has 3 amide bonds. The summed E-state index contributed by atoms with van der Waals surface area (Å²) in [6.07, 6.45) is 3.48. The summed E-state index contributed by atoms with van der Waals surface area (Å²) in [5.41, 5.74) is 0. The molecule has 2 fully saturated rings. The van der Waals surface area contributed by atoms with Gasteiger partial charge >= 0.3 is 5.97 Å². The van der Waals surface area contributed by atoms with E-state index in [-0.39, 0.29) is 4.91 Å². The van der Waals surface area contributed by atoms with Gasteiger partial charge in [0.2, 0.25) is 5.91 Å². The Hall–Kier alpha value is -2.13. The number of nitrogens with zero attached hydrogens (tertiary/aromatic N) is 2. The van der Waals surface area contributed by atoms with Gasteiger partial charge in [-0.2, -0.15) is 0 Å². The van der Waals surface area contributed by atoms with Crippen LogP contribution in [0.5, 0.6) is 0 Å². The fourth-order valence-corrected chi connectivity index (χ4v) is 4.41. The predicted molar refractivity (Wildman–Crippen MR) is 94.0 cm³/mol. The minimum absolute atomic E-state index is 0.272. The maximum Gasteiger partial charge on any atom is 0.326 e. The number of carbonyl (C=O) groups is 4. The van der Waals surface area contributed by atoms with Crippen molar-refractivity contribution < 1.29 is 24.3 Å². The van der Waals surface area contributed by atoms with Gasteiger partial charge in [0.05, 0.1) is 4.91 Å². The molecule has 3 rings (SSSR count). The molecule has 7 nitrogen and oxygen atoms in total. The third-order valence-corrected chi connectivity index (χ3v) is 5.82. The SMILES string of the molecule is O=C(O)[C@@H]1CCCCN1C(=O)CN1C(=O)S/C(=C\c2cccs2)C1=O. The summed E-state index contributed by atoms with van der Waals surface area (Å²) < 4.78 is 0. The molecule has 1 aromatic rings. The van der Waals surface area contributed by atoms with E-state index < -0.39 is 35.6 Å². The smallest absolute Gasteiger partial charge is 0.326 e. The average molecular weight is 380 g/mol. The van der Waals surface area contributed by atoms with Crippen LogP contribution in [-0.4, -0.2) is 57.1 Å². The highest BCUT2D eigenvalue weighted by Crippen LogP contribution is 2.33. The maximum atomic E-state index is 12.5. The molecule has 3 heterocycles. The van der Waals surface area contributed by atoms with E-state index in [4.69, 9.17) is 0 Å². The third kappa shape index (κ3) is 3.77. The summed E-state index contributed by atoms with van der Waals surface area (Å²) in [5, 5.41) is 10.6. The van der Waals surface area contributed by atoms with E-state index in [1.54, 1.807) is 6.08 Å². The number of thiophene rings is 1. The van der Waals surface area contributed by atoms with Gasteiger partial charge in [-0.05, 0) is 48.5 Å². The molecule has 2 aliphatic heterocycles. The molecule has 0 aliphatic carbocycles. The van der Waals surface area contributed by atoms with E-state index >= 15 is 0 Å². The van der Waals surface area contributed by atoms with E-state index in [0.29, 0.717) is 13.0 Å². The van der Waals surface area contributed by atoms with E-state index in [1.165, 1.54) is 16.2 Å². The normalized spacial score (nSPS) is 22.7. The van der Waals surface area contributed by atoms with Crippen molar-refractivity contribution in [3.63, 3.8) is 0 Å². The lowest BCUT2D eigenvalue weighted by Gasteiger charge is -2.33. The van der Waals surface area contributed by atoms with Crippen molar-refractivity contribution in [1.82, 2.24) is 9.80 Å². The number of carboxylic acid groups (broad SMARTS) is 1. The molecule has 1 atom stereocenters. The zero-order chi connectivity index (χ0) is 18.0. The highest BCUT2D eigenvalue weighted by Gasteiger charge is 2.39. The molecule has 1 aromatic heterocycles. The molecule has 0 radical (unpaired) electrons. The number of carboxylic acids is 1. The zero-order valence-corrected chi connectivity index (χ0v) is 14.8. The van der Waals surface area contributed by atoms with Crippen molar-refractivity contribution >= 4 is 52.2 Å². The first-order valence-electron chi connectivity index (χ1n) is 7.78. The average Bonchev–Trinajstić information content (AvgIpc) is 3.19. The molecule has 132 valence electrons. The van der Waals surface area contributed by atoms with Crippen LogP contribution in [0.1, 0.15) is 24.1 Å². The van der Waals surface area contributed by atoms with Gasteiger partial charge in [0, 0.05) is 11.4 Å². The minimum atomic E-state index is -1.06. The Bertz CT molecular complexity index is 744. The predicted octanol–water partition coefficient (Wildman–Crippen LogP) is 2.25. The van der Waals surface area contributed by atoms with Crippen LogP contribution in [-0.2, 0) is 14.4 Å². The molecule has 0 unspecified atom stereocenters. The van der Waals surface area contributed by atoms with Crippen molar-refractivity contribution in [1.29, 1.82) is 0 Å². The Labute approximate surface area is 152 Å². The molecule has 9 heteroatoms. The van der Waals surface area contributed by atoms with Crippen molar-refractivity contribution in [2.45, 2.75) is 25.3 Å². The summed E-state index contributed by atoms with van der Waals surface area (Å²) in [4.78, 5) is 51.6. The third-order valence-electron chi connectivity index (χ3n) is 4.09. The molecule has 0 saturated carbocycles. The lowest BCUT2D eigenvalue weighted by atomic mass is 10.0. The number of carbonyl (C=O) groups excluding carboxylic acids is 3. The van der Waals surface area contributed by atoms with Gasteiger partial charge in [-0.1, -0.05) is 6.07 Å². The first kappa shape index (κ1) is 17.7. The van der Waals surface area contributed by atoms with E-state index in [1.807, 2.05) is 17.5 Å². The Kier molecular flexibility index (Phi) is 5.24. The molecule has 0 spiro atoms. The summed E-state index contributed by atoms with van der Waals surface area (Å²) in [7, 11) is 0. The van der Waals surface area contributed by atoms with Crippen LogP contribution in [0.3, 0.4) is 0 Å². The highest BCUT2D eigenvalue weighted by atomic mass is 32.2. The van der Waals surface area contributed by atoms with Crippen molar-refractivity contribution in [3.8, 4) is 0 Å². The summed E-state index contributed by atoms with van der Waals surface area (Å²) in [6.45, 7) is -0.0900. The second-order valence-corrected chi connectivity index (χ2v) is 7.69. The Balaban J connectivity index is 1.71. The largest absolute Gasteiger partial charge is 0.480 e. The maximum absolute atomic E-state index is 12.5. The standard InChI is InChI=1S/C16H16N2O5S2/c19-13(17-6-2-1-5-11(17)15(21)22)9-18-14(20)12(25-16(18)23)8-10-4-3-7-24-10/h3-4,7-8,11H,1-2,5-6,9H2,(H,21,22)/b12-8-/t11-/m0/s1. The van der Waals surface area contributed by atoms with Gasteiger partial charge in [0.25, 0.3) is 11.1 Å². The lowest BCUT2D eigenvalue weighted by Crippen LogP contribution is -2.51. The molecular weight excluding hydrogens is 364 g/mol. The Morgan fingerprint density at radius 2 is 2.12 bits per heavy atom. The van der Waals surface area contributed by atoms with Gasteiger partial charge in [-0.15, -0.1) is 11.3 Å². The first-order chi connectivity index (χ1) is 12.0. The topological polar surface area (TPSA) is 95.0 Å². The second-order valence-electron chi connectivity index (χ2n) is 5.72. The monoisotopic (exact) mass is 380 g/mol. The van der Waals surface area contributed by atoms with Gasteiger partial charge in [0.1, 0.15) is 12.6 Å². The number of hydrogen-bond acceptors (Lipinski definition) is 6. The summed E-state index contributed by atoms with van der Waals surface area (Å²) in [5.74, 6) is -2.08. The molecule has 25 heavy (non-hydrogen) atoms. The minimum Gasteiger partial charge on any atom is -0.480 e. The van der Waals surface area contributed by atoms with Crippen LogP contribution >= 0.6 is 23.1 Å². The summed E-state index contributed by atoms with van der Waals surface area (Å²) >= 11 is 2.24. The van der Waals surface area contributed by atoms with Gasteiger partial charge in [0.15, 0.2) is 0 Å². The number of rotatable bonds is 4. The number of aliphatic carboxylic acids is 1. The van der Waals surface area contributed by atoms with Crippen LogP contribution in [0, 0.1) is 0 Å². The number of imide groups is 1. The van der Waals surface area contributed by atoms with Gasteiger partial charge < -0.3 is 10.0 Å². The Morgan fingerprint density at radius 1 is 1.32 bits per heavy atom. The van der Waals surface area contributed by atoms with Crippen molar-refractivity contribution in [3.05, 3.63) is 27.3 Å². The zero-order valence-electron chi connectivity index (χ0n) is 13.2. The van der Waals surface area contributed by atoms with Crippen LogP contribution in [0.2, 0.25) is 0 Å². The molecule has 2 aliphatic rings. The quantitative estimate of drug-likeness (QED) is 0.805. The number of hydrogen-bond donors (Lipinski definition) is 1.